The fraction of sp³-hybridized carbons (Fsp3) is 0.222. The molecule has 34 heavy (non-hydrogen) atoms. The topological polar surface area (TPSA) is 95.9 Å². The van der Waals surface area contributed by atoms with Gasteiger partial charge in [-0.05, 0) is 41.3 Å². The van der Waals surface area contributed by atoms with Crippen molar-refractivity contribution in [1.82, 2.24) is 5.32 Å². The number of ether oxygens (including phenoxy) is 1. The Hall–Kier alpha value is -4.13. The number of carbonyl (C=O) groups is 3. The van der Waals surface area contributed by atoms with Gasteiger partial charge in [-0.2, -0.15) is 0 Å². The second kappa shape index (κ2) is 10.2. The molecule has 3 aromatic rings. The summed E-state index contributed by atoms with van der Waals surface area (Å²) in [7, 11) is 0. The first-order valence-electron chi connectivity index (χ1n) is 11.1. The second-order valence-electron chi connectivity index (χ2n) is 8.21. The van der Waals surface area contributed by atoms with Gasteiger partial charge in [0, 0.05) is 24.6 Å². The van der Waals surface area contributed by atoms with E-state index in [-0.39, 0.29) is 25.5 Å². The molecule has 1 aliphatic carbocycles. The third kappa shape index (κ3) is 5.09. The van der Waals surface area contributed by atoms with Crippen LogP contribution in [0.25, 0.3) is 11.1 Å². The zero-order valence-electron chi connectivity index (χ0n) is 18.9. The van der Waals surface area contributed by atoms with Crippen molar-refractivity contribution < 1.29 is 24.2 Å². The van der Waals surface area contributed by atoms with E-state index in [1.807, 2.05) is 55.5 Å². The highest BCUT2D eigenvalue weighted by Crippen LogP contribution is 2.44. The molecule has 7 heteroatoms. The first kappa shape index (κ1) is 23.0. The number of alkyl carbamates (subject to hydrolysis) is 1. The molecule has 1 aliphatic rings. The van der Waals surface area contributed by atoms with E-state index in [9.17, 15) is 19.5 Å². The van der Waals surface area contributed by atoms with Crippen molar-refractivity contribution in [3.63, 3.8) is 0 Å². The van der Waals surface area contributed by atoms with Gasteiger partial charge in [0.05, 0.1) is 0 Å². The van der Waals surface area contributed by atoms with E-state index >= 15 is 0 Å². The lowest BCUT2D eigenvalue weighted by Crippen LogP contribution is -2.38. The minimum absolute atomic E-state index is 0.0392. The molecule has 0 atom stereocenters. The van der Waals surface area contributed by atoms with E-state index in [1.165, 1.54) is 4.90 Å². The van der Waals surface area contributed by atoms with Crippen molar-refractivity contribution in [2.45, 2.75) is 19.3 Å². The fourth-order valence-corrected chi connectivity index (χ4v) is 4.24. The Morgan fingerprint density at radius 2 is 1.50 bits per heavy atom. The number of rotatable bonds is 8. The van der Waals surface area contributed by atoms with Crippen molar-refractivity contribution >= 4 is 23.7 Å². The van der Waals surface area contributed by atoms with Crippen LogP contribution >= 0.6 is 0 Å². The van der Waals surface area contributed by atoms with E-state index in [2.05, 4.69) is 17.4 Å². The number of nitrogens with one attached hydrogen (secondary N) is 1. The normalized spacial score (nSPS) is 11.9. The maximum absolute atomic E-state index is 12.7. The highest BCUT2D eigenvalue weighted by Gasteiger charge is 2.29. The Morgan fingerprint density at radius 1 is 0.912 bits per heavy atom. The number of carbonyl (C=O) groups excluding carboxylic acids is 2. The van der Waals surface area contributed by atoms with Crippen LogP contribution in [0.1, 0.15) is 29.0 Å². The molecule has 0 heterocycles. The Balaban J connectivity index is 1.31. The van der Waals surface area contributed by atoms with Gasteiger partial charge < -0.3 is 20.1 Å². The lowest BCUT2D eigenvalue weighted by Gasteiger charge is -2.21. The number of benzene rings is 3. The summed E-state index contributed by atoms with van der Waals surface area (Å²) < 4.78 is 5.48. The molecular weight excluding hydrogens is 432 g/mol. The van der Waals surface area contributed by atoms with Gasteiger partial charge in [-0.15, -0.1) is 0 Å². The Labute approximate surface area is 198 Å². The first-order chi connectivity index (χ1) is 16.4. The molecule has 0 aliphatic heterocycles. The monoisotopic (exact) mass is 458 g/mol. The van der Waals surface area contributed by atoms with Gasteiger partial charge >= 0.3 is 12.1 Å². The van der Waals surface area contributed by atoms with Gasteiger partial charge in [0.15, 0.2) is 0 Å². The number of fused-ring (bicyclic) bond motifs is 3. The smallest absolute Gasteiger partial charge is 0.407 e. The van der Waals surface area contributed by atoms with Crippen LogP contribution in [0.4, 0.5) is 10.5 Å². The van der Waals surface area contributed by atoms with E-state index in [4.69, 9.17) is 4.74 Å². The largest absolute Gasteiger partial charge is 0.480 e. The highest BCUT2D eigenvalue weighted by atomic mass is 16.5. The molecular formula is C27H26N2O5. The van der Waals surface area contributed by atoms with Crippen LogP contribution in [0.2, 0.25) is 0 Å². The summed E-state index contributed by atoms with van der Waals surface area (Å²) in [4.78, 5) is 37.4. The number of anilines is 1. The van der Waals surface area contributed by atoms with Gasteiger partial charge in [0.2, 0.25) is 5.91 Å². The summed E-state index contributed by atoms with van der Waals surface area (Å²) >= 11 is 0. The number of hydrogen-bond acceptors (Lipinski definition) is 4. The number of carboxylic acid groups (broad SMARTS) is 1. The van der Waals surface area contributed by atoms with E-state index in [1.54, 1.807) is 12.1 Å². The van der Waals surface area contributed by atoms with Crippen molar-refractivity contribution in [2.24, 2.45) is 0 Å². The summed E-state index contributed by atoms with van der Waals surface area (Å²) in [5.74, 6) is -1.56. The predicted octanol–water partition coefficient (Wildman–Crippen LogP) is 4.34. The molecule has 2 N–H and O–H groups in total. The standard InChI is InChI=1S/C27H26N2O5/c1-18-10-12-19(13-11-18)29(16-26(31)32)25(30)14-15-28-27(33)34-17-24-22-8-4-2-6-20(22)21-7-3-5-9-23(21)24/h2-13,24H,14-17H2,1H3,(H,28,33)(H,31,32). The average molecular weight is 459 g/mol. The number of aryl methyl sites for hydroxylation is 1. The molecule has 0 saturated carbocycles. The second-order valence-corrected chi connectivity index (χ2v) is 8.21. The van der Waals surface area contributed by atoms with Gasteiger partial charge in [-0.3, -0.25) is 9.59 Å². The molecule has 0 spiro atoms. The Kier molecular flexibility index (Phi) is 6.92. The highest BCUT2D eigenvalue weighted by molar-refractivity contribution is 5.97. The summed E-state index contributed by atoms with van der Waals surface area (Å²) in [6.07, 6.45) is -0.666. The molecule has 0 bridgehead atoms. The van der Waals surface area contributed by atoms with Crippen molar-refractivity contribution in [2.75, 3.05) is 24.6 Å². The van der Waals surface area contributed by atoms with Crippen LogP contribution in [-0.2, 0) is 14.3 Å². The van der Waals surface area contributed by atoms with Crippen LogP contribution < -0.4 is 10.2 Å². The summed E-state index contributed by atoms with van der Waals surface area (Å²) in [5, 5.41) is 11.8. The predicted molar refractivity (Wildman–Crippen MR) is 129 cm³/mol. The molecule has 0 radical (unpaired) electrons. The molecule has 0 aromatic heterocycles. The molecule has 0 saturated heterocycles. The van der Waals surface area contributed by atoms with Crippen LogP contribution in [-0.4, -0.2) is 42.8 Å². The number of hydrogen-bond donors (Lipinski definition) is 2. The molecule has 0 fully saturated rings. The number of aliphatic carboxylic acids is 1. The van der Waals surface area contributed by atoms with Gasteiger partial charge in [-0.1, -0.05) is 66.2 Å². The fourth-order valence-electron chi connectivity index (χ4n) is 4.24. The minimum atomic E-state index is -1.11. The number of carboxylic acids is 1. The summed E-state index contributed by atoms with van der Waals surface area (Å²) in [6.45, 7) is 1.68. The van der Waals surface area contributed by atoms with Gasteiger partial charge in [0.25, 0.3) is 0 Å². The first-order valence-corrected chi connectivity index (χ1v) is 11.1. The van der Waals surface area contributed by atoms with Crippen LogP contribution in [0.15, 0.2) is 72.8 Å². The van der Waals surface area contributed by atoms with Crippen LogP contribution in [0, 0.1) is 6.92 Å². The van der Waals surface area contributed by atoms with E-state index in [0.717, 1.165) is 27.8 Å². The third-order valence-electron chi connectivity index (χ3n) is 5.89. The number of nitrogens with zero attached hydrogens (tertiary/aromatic N) is 1. The third-order valence-corrected chi connectivity index (χ3v) is 5.89. The van der Waals surface area contributed by atoms with Crippen molar-refractivity contribution in [3.8, 4) is 11.1 Å². The molecule has 174 valence electrons. The quantitative estimate of drug-likeness (QED) is 0.524. The van der Waals surface area contributed by atoms with E-state index in [0.29, 0.717) is 5.69 Å². The Bertz CT molecular complexity index is 1160. The lowest BCUT2D eigenvalue weighted by atomic mass is 9.98. The number of amides is 2. The van der Waals surface area contributed by atoms with Crippen LogP contribution in [0.3, 0.4) is 0 Å². The van der Waals surface area contributed by atoms with Gasteiger partial charge in [-0.25, -0.2) is 4.79 Å². The zero-order chi connectivity index (χ0) is 24.1. The Morgan fingerprint density at radius 3 is 2.09 bits per heavy atom. The molecule has 2 amide bonds. The minimum Gasteiger partial charge on any atom is -0.480 e. The average Bonchev–Trinajstić information content (AvgIpc) is 3.15. The summed E-state index contributed by atoms with van der Waals surface area (Å²) in [6, 6.07) is 23.2. The summed E-state index contributed by atoms with van der Waals surface area (Å²) in [5.41, 5.74) is 6.03. The maximum atomic E-state index is 12.7. The van der Waals surface area contributed by atoms with Gasteiger partial charge in [0.1, 0.15) is 13.2 Å². The molecule has 0 unspecified atom stereocenters. The van der Waals surface area contributed by atoms with Crippen LogP contribution in [0.5, 0.6) is 0 Å². The van der Waals surface area contributed by atoms with Crippen molar-refractivity contribution in [3.05, 3.63) is 89.5 Å². The van der Waals surface area contributed by atoms with E-state index < -0.39 is 24.5 Å². The molecule has 4 rings (SSSR count). The molecule has 7 nitrogen and oxygen atoms in total. The lowest BCUT2D eigenvalue weighted by molar-refractivity contribution is -0.136. The SMILES string of the molecule is Cc1ccc(N(CC(=O)O)C(=O)CCNC(=O)OCC2c3ccccc3-c3ccccc32)cc1. The maximum Gasteiger partial charge on any atom is 0.407 e. The molecule has 3 aromatic carbocycles. The zero-order valence-corrected chi connectivity index (χ0v) is 18.9. The van der Waals surface area contributed by atoms with Crippen molar-refractivity contribution in [1.29, 1.82) is 0 Å².